The van der Waals surface area contributed by atoms with Gasteiger partial charge >= 0.3 is 0 Å². The van der Waals surface area contributed by atoms with Gasteiger partial charge in [0.25, 0.3) is 0 Å². The van der Waals surface area contributed by atoms with E-state index in [0.717, 1.165) is 18.8 Å². The van der Waals surface area contributed by atoms with Crippen LogP contribution in [0.15, 0.2) is 6.07 Å². The highest BCUT2D eigenvalue weighted by Crippen LogP contribution is 2.14. The zero-order valence-electron chi connectivity index (χ0n) is 11.2. The van der Waals surface area contributed by atoms with E-state index in [0.29, 0.717) is 31.5 Å². The van der Waals surface area contributed by atoms with Gasteiger partial charge in [0.15, 0.2) is 5.82 Å². The first kappa shape index (κ1) is 14.7. The highest BCUT2D eigenvalue weighted by atomic mass is 16.5. The fourth-order valence-electron chi connectivity index (χ4n) is 1.39. The molecule has 0 atom stereocenters. The molecule has 0 aliphatic carbocycles. The van der Waals surface area contributed by atoms with E-state index in [1.54, 1.807) is 20.3 Å². The van der Waals surface area contributed by atoms with Crippen molar-refractivity contribution in [1.29, 1.82) is 0 Å². The summed E-state index contributed by atoms with van der Waals surface area (Å²) in [5.41, 5.74) is 0. The van der Waals surface area contributed by atoms with Crippen molar-refractivity contribution in [1.82, 2.24) is 9.97 Å². The first-order valence-electron chi connectivity index (χ1n) is 6.02. The number of rotatable bonds is 9. The van der Waals surface area contributed by atoms with Crippen LogP contribution >= 0.6 is 0 Å². The summed E-state index contributed by atoms with van der Waals surface area (Å²) in [4.78, 5) is 8.57. The normalized spacial score (nSPS) is 10.4. The molecule has 1 rings (SSSR count). The average molecular weight is 255 g/mol. The third-order valence-corrected chi connectivity index (χ3v) is 2.12. The molecule has 0 amide bonds. The minimum Gasteiger partial charge on any atom is -0.477 e. The van der Waals surface area contributed by atoms with Crippen LogP contribution in [-0.2, 0) is 16.1 Å². The van der Waals surface area contributed by atoms with Gasteiger partial charge in [-0.3, -0.25) is 0 Å². The van der Waals surface area contributed by atoms with Crippen molar-refractivity contribution in [2.75, 3.05) is 39.3 Å². The lowest BCUT2D eigenvalue weighted by Crippen LogP contribution is -2.08. The topological polar surface area (TPSA) is 65.5 Å². The standard InChI is InChI=1S/C12H21N3O3/c1-4-13-10-8-12(18-7-5-6-16-2)15-11(14-10)9-17-3/h8H,4-7,9H2,1-3H3,(H,13,14,15). The summed E-state index contributed by atoms with van der Waals surface area (Å²) in [6.07, 6.45) is 0.830. The first-order chi connectivity index (χ1) is 8.80. The van der Waals surface area contributed by atoms with E-state index in [2.05, 4.69) is 15.3 Å². The summed E-state index contributed by atoms with van der Waals surface area (Å²) in [7, 11) is 3.28. The van der Waals surface area contributed by atoms with Gasteiger partial charge in [0.05, 0.1) is 6.61 Å². The monoisotopic (exact) mass is 255 g/mol. The average Bonchev–Trinajstić information content (AvgIpc) is 2.35. The van der Waals surface area contributed by atoms with Crippen LogP contribution in [0.4, 0.5) is 5.82 Å². The van der Waals surface area contributed by atoms with Crippen molar-refractivity contribution in [2.24, 2.45) is 0 Å². The summed E-state index contributed by atoms with van der Waals surface area (Å²) in [6.45, 7) is 4.43. The van der Waals surface area contributed by atoms with E-state index in [-0.39, 0.29) is 0 Å². The smallest absolute Gasteiger partial charge is 0.218 e. The number of methoxy groups -OCH3 is 2. The largest absolute Gasteiger partial charge is 0.477 e. The Bertz CT molecular complexity index is 323. The van der Waals surface area contributed by atoms with E-state index in [1.165, 1.54) is 0 Å². The fraction of sp³-hybridized carbons (Fsp3) is 0.667. The van der Waals surface area contributed by atoms with Gasteiger partial charge in [-0.1, -0.05) is 0 Å². The Hall–Kier alpha value is -1.40. The molecule has 0 radical (unpaired) electrons. The SMILES string of the molecule is CCNc1cc(OCCCOC)nc(COC)n1. The minimum atomic E-state index is 0.369. The molecule has 0 fully saturated rings. The van der Waals surface area contributed by atoms with Crippen molar-refractivity contribution in [3.05, 3.63) is 11.9 Å². The van der Waals surface area contributed by atoms with Gasteiger partial charge in [-0.2, -0.15) is 4.98 Å². The summed E-state index contributed by atoms with van der Waals surface area (Å²) < 4.78 is 15.5. The van der Waals surface area contributed by atoms with E-state index < -0.39 is 0 Å². The lowest BCUT2D eigenvalue weighted by Gasteiger charge is -2.09. The maximum atomic E-state index is 5.56. The molecular weight excluding hydrogens is 234 g/mol. The molecule has 1 aromatic heterocycles. The first-order valence-corrected chi connectivity index (χ1v) is 6.02. The highest BCUT2D eigenvalue weighted by molar-refractivity contribution is 5.38. The Morgan fingerprint density at radius 1 is 1.17 bits per heavy atom. The molecule has 0 bridgehead atoms. The summed E-state index contributed by atoms with van der Waals surface area (Å²) in [5, 5.41) is 3.14. The lowest BCUT2D eigenvalue weighted by molar-refractivity contribution is 0.167. The molecule has 6 nitrogen and oxygen atoms in total. The Morgan fingerprint density at radius 3 is 2.67 bits per heavy atom. The molecule has 0 spiro atoms. The van der Waals surface area contributed by atoms with Crippen molar-refractivity contribution in [2.45, 2.75) is 20.0 Å². The predicted molar refractivity (Wildman–Crippen MR) is 68.9 cm³/mol. The van der Waals surface area contributed by atoms with Crippen LogP contribution in [0.3, 0.4) is 0 Å². The number of nitrogens with one attached hydrogen (secondary N) is 1. The third-order valence-electron chi connectivity index (χ3n) is 2.12. The van der Waals surface area contributed by atoms with Gasteiger partial charge in [-0.15, -0.1) is 0 Å². The van der Waals surface area contributed by atoms with Crippen LogP contribution in [0.25, 0.3) is 0 Å². The molecule has 0 aliphatic rings. The minimum absolute atomic E-state index is 0.369. The van der Waals surface area contributed by atoms with Crippen molar-refractivity contribution in [3.63, 3.8) is 0 Å². The highest BCUT2D eigenvalue weighted by Gasteiger charge is 2.05. The summed E-state index contributed by atoms with van der Waals surface area (Å²) in [5.74, 6) is 1.92. The van der Waals surface area contributed by atoms with Crippen LogP contribution < -0.4 is 10.1 Å². The van der Waals surface area contributed by atoms with E-state index in [4.69, 9.17) is 14.2 Å². The van der Waals surface area contributed by atoms with Gasteiger partial charge in [0.2, 0.25) is 5.88 Å². The number of nitrogens with zero attached hydrogens (tertiary/aromatic N) is 2. The molecule has 0 aliphatic heterocycles. The number of aromatic nitrogens is 2. The second kappa shape index (κ2) is 8.66. The Kier molecular flexibility index (Phi) is 7.05. The number of anilines is 1. The molecule has 6 heteroatoms. The molecular formula is C12H21N3O3. The zero-order valence-corrected chi connectivity index (χ0v) is 11.2. The lowest BCUT2D eigenvalue weighted by atomic mass is 10.4. The Balaban J connectivity index is 2.63. The van der Waals surface area contributed by atoms with Gasteiger partial charge in [0.1, 0.15) is 12.4 Å². The van der Waals surface area contributed by atoms with Crippen LogP contribution in [-0.4, -0.2) is 43.9 Å². The molecule has 1 heterocycles. The quantitative estimate of drug-likeness (QED) is 0.674. The zero-order chi connectivity index (χ0) is 13.2. The fourth-order valence-corrected chi connectivity index (χ4v) is 1.39. The maximum absolute atomic E-state index is 5.56. The van der Waals surface area contributed by atoms with Crippen molar-refractivity contribution in [3.8, 4) is 5.88 Å². The van der Waals surface area contributed by atoms with Gasteiger partial charge in [0, 0.05) is 39.9 Å². The Morgan fingerprint density at radius 2 is 2.00 bits per heavy atom. The molecule has 0 unspecified atom stereocenters. The van der Waals surface area contributed by atoms with Crippen LogP contribution in [0.1, 0.15) is 19.2 Å². The molecule has 0 saturated heterocycles. The van der Waals surface area contributed by atoms with E-state index >= 15 is 0 Å². The van der Waals surface area contributed by atoms with E-state index in [1.807, 2.05) is 6.92 Å². The summed E-state index contributed by atoms with van der Waals surface area (Å²) >= 11 is 0. The van der Waals surface area contributed by atoms with Gasteiger partial charge in [-0.05, 0) is 6.92 Å². The van der Waals surface area contributed by atoms with Gasteiger partial charge < -0.3 is 19.5 Å². The third kappa shape index (κ3) is 5.29. The molecule has 1 aromatic rings. The van der Waals surface area contributed by atoms with Crippen LogP contribution in [0.5, 0.6) is 5.88 Å². The number of hydrogen-bond acceptors (Lipinski definition) is 6. The van der Waals surface area contributed by atoms with Crippen molar-refractivity contribution >= 4 is 5.82 Å². The molecule has 18 heavy (non-hydrogen) atoms. The maximum Gasteiger partial charge on any atom is 0.218 e. The second-order valence-corrected chi connectivity index (χ2v) is 3.67. The van der Waals surface area contributed by atoms with Gasteiger partial charge in [-0.25, -0.2) is 4.98 Å². The van der Waals surface area contributed by atoms with Crippen molar-refractivity contribution < 1.29 is 14.2 Å². The summed E-state index contributed by atoms with van der Waals surface area (Å²) in [6, 6.07) is 1.79. The number of ether oxygens (including phenoxy) is 3. The van der Waals surface area contributed by atoms with E-state index in [9.17, 15) is 0 Å². The number of hydrogen-bond donors (Lipinski definition) is 1. The van der Waals surface area contributed by atoms with Crippen LogP contribution in [0, 0.1) is 0 Å². The van der Waals surface area contributed by atoms with Crippen LogP contribution in [0.2, 0.25) is 0 Å². The molecule has 102 valence electrons. The predicted octanol–water partition coefficient (Wildman–Crippen LogP) is 1.47. The molecule has 0 aromatic carbocycles. The molecule has 0 saturated carbocycles. The molecule has 1 N–H and O–H groups in total. The Labute approximate surface area is 108 Å². The second-order valence-electron chi connectivity index (χ2n) is 3.67.